The third-order valence-electron chi connectivity index (χ3n) is 4.01. The van der Waals surface area contributed by atoms with E-state index in [1.807, 2.05) is 37.3 Å². The minimum absolute atomic E-state index is 0.111. The molecule has 0 bridgehead atoms. The Morgan fingerprint density at radius 3 is 2.41 bits per heavy atom. The predicted octanol–water partition coefficient (Wildman–Crippen LogP) is 3.58. The molecule has 2 amide bonds. The highest BCUT2D eigenvalue weighted by molar-refractivity contribution is 5.96. The van der Waals surface area contributed by atoms with Gasteiger partial charge in [-0.1, -0.05) is 18.2 Å². The lowest BCUT2D eigenvalue weighted by atomic mass is 10.2. The van der Waals surface area contributed by atoms with Gasteiger partial charge in [0, 0.05) is 23.4 Å². The molecule has 0 atom stereocenters. The van der Waals surface area contributed by atoms with Gasteiger partial charge < -0.3 is 15.1 Å². The maximum atomic E-state index is 12.3. The normalized spacial score (nSPS) is 10.4. The van der Waals surface area contributed by atoms with Crippen molar-refractivity contribution >= 4 is 17.5 Å². The van der Waals surface area contributed by atoms with Crippen molar-refractivity contribution in [1.82, 2.24) is 10.3 Å². The van der Waals surface area contributed by atoms with Crippen LogP contribution in [0, 0.1) is 6.92 Å². The summed E-state index contributed by atoms with van der Waals surface area (Å²) in [6.07, 6.45) is 0.111. The number of nitrogens with one attached hydrogen (secondary N) is 2. The van der Waals surface area contributed by atoms with Crippen LogP contribution in [0.1, 0.15) is 28.7 Å². The van der Waals surface area contributed by atoms with Gasteiger partial charge in [0.1, 0.15) is 5.76 Å². The summed E-state index contributed by atoms with van der Waals surface area (Å²) in [5, 5.41) is 5.54. The Kier molecular flexibility index (Phi) is 5.66. The van der Waals surface area contributed by atoms with Gasteiger partial charge in [-0.2, -0.15) is 0 Å². The first-order valence-electron chi connectivity index (χ1n) is 8.76. The number of hydrogen-bond acceptors (Lipinski definition) is 4. The summed E-state index contributed by atoms with van der Waals surface area (Å²) in [5.74, 6) is 0.789. The second-order valence-corrected chi connectivity index (χ2v) is 6.05. The van der Waals surface area contributed by atoms with Crippen LogP contribution in [0.25, 0.3) is 11.5 Å². The molecule has 0 aliphatic heterocycles. The average Bonchev–Trinajstić information content (AvgIpc) is 3.03. The summed E-state index contributed by atoms with van der Waals surface area (Å²) in [7, 11) is 0. The number of benzene rings is 2. The lowest BCUT2D eigenvalue weighted by Gasteiger charge is -2.06. The van der Waals surface area contributed by atoms with Crippen molar-refractivity contribution in [3.8, 4) is 11.5 Å². The van der Waals surface area contributed by atoms with E-state index in [1.54, 1.807) is 31.2 Å². The van der Waals surface area contributed by atoms with E-state index in [9.17, 15) is 9.59 Å². The Labute approximate surface area is 157 Å². The van der Waals surface area contributed by atoms with Gasteiger partial charge in [-0.3, -0.25) is 9.59 Å². The lowest BCUT2D eigenvalue weighted by molar-refractivity contribution is -0.115. The Bertz CT molecular complexity index is 931. The number of aromatic nitrogens is 1. The van der Waals surface area contributed by atoms with Gasteiger partial charge in [0.05, 0.1) is 12.1 Å². The fourth-order valence-electron chi connectivity index (χ4n) is 2.62. The number of nitrogens with zero attached hydrogens (tertiary/aromatic N) is 1. The fraction of sp³-hybridized carbons (Fsp3) is 0.190. The molecule has 0 radical (unpaired) electrons. The van der Waals surface area contributed by atoms with Crippen molar-refractivity contribution in [3.63, 3.8) is 0 Å². The zero-order valence-corrected chi connectivity index (χ0v) is 15.3. The third kappa shape index (κ3) is 4.61. The molecule has 1 aromatic heterocycles. The van der Waals surface area contributed by atoms with E-state index < -0.39 is 0 Å². The maximum absolute atomic E-state index is 12.3. The van der Waals surface area contributed by atoms with Crippen molar-refractivity contribution in [2.75, 3.05) is 11.9 Å². The molecular formula is C21H21N3O3. The van der Waals surface area contributed by atoms with Crippen molar-refractivity contribution < 1.29 is 14.0 Å². The molecule has 1 heterocycles. The molecular weight excluding hydrogens is 342 g/mol. The molecule has 0 aliphatic rings. The van der Waals surface area contributed by atoms with Crippen molar-refractivity contribution in [3.05, 3.63) is 71.6 Å². The number of carbonyl (C=O) groups is 2. The average molecular weight is 363 g/mol. The van der Waals surface area contributed by atoms with E-state index in [0.717, 1.165) is 5.56 Å². The number of carbonyl (C=O) groups excluding carboxylic acids is 2. The first-order chi connectivity index (χ1) is 13.1. The first-order valence-corrected chi connectivity index (χ1v) is 8.76. The molecule has 0 fully saturated rings. The molecule has 3 aromatic rings. The van der Waals surface area contributed by atoms with Gasteiger partial charge in [-0.15, -0.1) is 0 Å². The summed E-state index contributed by atoms with van der Waals surface area (Å²) in [5.41, 5.74) is 2.64. The Balaban J connectivity index is 1.64. The highest BCUT2D eigenvalue weighted by atomic mass is 16.4. The van der Waals surface area contributed by atoms with Crippen LogP contribution in [-0.2, 0) is 11.2 Å². The minimum atomic E-state index is -0.197. The molecule has 2 N–H and O–H groups in total. The highest BCUT2D eigenvalue weighted by Gasteiger charge is 2.15. The van der Waals surface area contributed by atoms with Crippen LogP contribution in [-0.4, -0.2) is 23.3 Å². The second kappa shape index (κ2) is 8.31. The van der Waals surface area contributed by atoms with E-state index in [1.165, 1.54) is 0 Å². The largest absolute Gasteiger partial charge is 0.441 e. The molecule has 3 rings (SSSR count). The molecule has 138 valence electrons. The molecule has 0 saturated heterocycles. The smallest absolute Gasteiger partial charge is 0.251 e. The molecule has 0 unspecified atom stereocenters. The first kappa shape index (κ1) is 18.4. The molecule has 0 spiro atoms. The summed E-state index contributed by atoms with van der Waals surface area (Å²) < 4.78 is 5.68. The standard InChI is InChI=1S/C21H21N3O3/c1-3-22-20(26)15-9-11-17(12-10-15)23-19(25)13-18-14(2)27-21(24-18)16-7-5-4-6-8-16/h4-12H,3,13H2,1-2H3,(H,22,26)(H,23,25). The van der Waals surface area contributed by atoms with Crippen molar-refractivity contribution in [2.45, 2.75) is 20.3 Å². The Hall–Kier alpha value is -3.41. The number of anilines is 1. The Morgan fingerprint density at radius 2 is 1.74 bits per heavy atom. The fourth-order valence-corrected chi connectivity index (χ4v) is 2.62. The van der Waals surface area contributed by atoms with E-state index in [4.69, 9.17) is 4.42 Å². The molecule has 6 heteroatoms. The number of aryl methyl sites for hydroxylation is 1. The predicted molar refractivity (Wildman–Crippen MR) is 103 cm³/mol. The van der Waals surface area contributed by atoms with Crippen LogP contribution in [0.3, 0.4) is 0 Å². The van der Waals surface area contributed by atoms with Gasteiger partial charge in [0.15, 0.2) is 0 Å². The zero-order chi connectivity index (χ0) is 19.2. The number of hydrogen-bond donors (Lipinski definition) is 2. The van der Waals surface area contributed by atoms with E-state index >= 15 is 0 Å². The van der Waals surface area contributed by atoms with Crippen LogP contribution >= 0.6 is 0 Å². The molecule has 6 nitrogen and oxygen atoms in total. The number of oxazole rings is 1. The van der Waals surface area contributed by atoms with E-state index in [0.29, 0.717) is 35.1 Å². The molecule has 0 aliphatic carbocycles. The third-order valence-corrected chi connectivity index (χ3v) is 4.01. The monoisotopic (exact) mass is 363 g/mol. The van der Waals surface area contributed by atoms with E-state index in [2.05, 4.69) is 15.6 Å². The minimum Gasteiger partial charge on any atom is -0.441 e. The number of rotatable bonds is 6. The highest BCUT2D eigenvalue weighted by Crippen LogP contribution is 2.22. The van der Waals surface area contributed by atoms with Gasteiger partial charge in [-0.25, -0.2) is 4.98 Å². The van der Waals surface area contributed by atoms with E-state index in [-0.39, 0.29) is 18.2 Å². The van der Waals surface area contributed by atoms with Crippen LogP contribution in [0.4, 0.5) is 5.69 Å². The van der Waals surface area contributed by atoms with Crippen LogP contribution < -0.4 is 10.6 Å². The molecule has 2 aromatic carbocycles. The summed E-state index contributed by atoms with van der Waals surface area (Å²) in [4.78, 5) is 28.5. The van der Waals surface area contributed by atoms with Crippen LogP contribution in [0.15, 0.2) is 59.0 Å². The Morgan fingerprint density at radius 1 is 1.04 bits per heavy atom. The topological polar surface area (TPSA) is 84.2 Å². The van der Waals surface area contributed by atoms with Gasteiger partial charge >= 0.3 is 0 Å². The zero-order valence-electron chi connectivity index (χ0n) is 15.3. The lowest BCUT2D eigenvalue weighted by Crippen LogP contribution is -2.22. The van der Waals surface area contributed by atoms with Crippen LogP contribution in [0.2, 0.25) is 0 Å². The summed E-state index contributed by atoms with van der Waals surface area (Å²) in [6, 6.07) is 16.3. The van der Waals surface area contributed by atoms with Crippen molar-refractivity contribution in [1.29, 1.82) is 0 Å². The molecule has 0 saturated carbocycles. The summed E-state index contributed by atoms with van der Waals surface area (Å²) >= 11 is 0. The second-order valence-electron chi connectivity index (χ2n) is 6.05. The van der Waals surface area contributed by atoms with Gasteiger partial charge in [0.25, 0.3) is 5.91 Å². The number of amides is 2. The summed E-state index contributed by atoms with van der Waals surface area (Å²) in [6.45, 7) is 4.23. The SMILES string of the molecule is CCNC(=O)c1ccc(NC(=O)Cc2nc(-c3ccccc3)oc2C)cc1. The maximum Gasteiger partial charge on any atom is 0.251 e. The molecule has 27 heavy (non-hydrogen) atoms. The van der Waals surface area contributed by atoms with Gasteiger partial charge in [-0.05, 0) is 50.2 Å². The van der Waals surface area contributed by atoms with Crippen LogP contribution in [0.5, 0.6) is 0 Å². The van der Waals surface area contributed by atoms with Crippen molar-refractivity contribution in [2.24, 2.45) is 0 Å². The van der Waals surface area contributed by atoms with Gasteiger partial charge in [0.2, 0.25) is 11.8 Å². The quantitative estimate of drug-likeness (QED) is 0.701.